The van der Waals surface area contributed by atoms with Crippen LogP contribution in [0.2, 0.25) is 0 Å². The Kier molecular flexibility index (Phi) is 12.1. The molecule has 25 atom stereocenters. The highest BCUT2D eigenvalue weighted by Crippen LogP contribution is 2.79. The largest absolute Gasteiger partial charge is 0.394 e. The Bertz CT molecular complexity index is 1820. The first-order chi connectivity index (χ1) is 30.3. The van der Waals surface area contributed by atoms with Crippen LogP contribution >= 0.6 is 0 Å². The molecule has 4 aliphatic heterocycles. The van der Waals surface area contributed by atoms with Crippen molar-refractivity contribution in [2.45, 2.75) is 210 Å². The van der Waals surface area contributed by atoms with E-state index in [1.54, 1.807) is 0 Å². The van der Waals surface area contributed by atoms with Crippen LogP contribution in [0, 0.1) is 56.2 Å². The minimum absolute atomic E-state index is 0.0181. The zero-order chi connectivity index (χ0) is 47.4. The van der Waals surface area contributed by atoms with Crippen molar-refractivity contribution in [3.05, 3.63) is 12.2 Å². The van der Waals surface area contributed by atoms with Crippen molar-refractivity contribution in [1.29, 1.82) is 0 Å². The number of rotatable bonds is 7. The van der Waals surface area contributed by atoms with Gasteiger partial charge in [-0.25, -0.2) is 0 Å². The lowest BCUT2D eigenvalue weighted by atomic mass is 9.31. The molecule has 9 rings (SSSR count). The van der Waals surface area contributed by atoms with E-state index >= 15 is 0 Å². The van der Waals surface area contributed by atoms with Crippen molar-refractivity contribution < 1.29 is 84.6 Å². The van der Waals surface area contributed by atoms with Crippen LogP contribution < -0.4 is 0 Å². The first-order valence-electron chi connectivity index (χ1n) is 24.3. The smallest absolute Gasteiger partial charge is 0.204 e. The molecule has 2 bridgehead atoms. The zero-order valence-corrected chi connectivity index (χ0v) is 39.3. The summed E-state index contributed by atoms with van der Waals surface area (Å²) in [4.78, 5) is 0. The molecule has 0 radical (unpaired) electrons. The molecule has 9 aliphatic rings. The fourth-order valence-electron chi connectivity index (χ4n) is 16.4. The zero-order valence-electron chi connectivity index (χ0n) is 39.3. The van der Waals surface area contributed by atoms with Crippen molar-refractivity contribution in [3.63, 3.8) is 0 Å². The maximum absolute atomic E-state index is 12.3. The molecule has 11 N–H and O–H groups in total. The maximum atomic E-state index is 12.3. The number of hydrogen-bond acceptors (Lipinski definition) is 17. The Labute approximate surface area is 382 Å². The Morgan fingerprint density at radius 3 is 1.94 bits per heavy atom. The van der Waals surface area contributed by atoms with E-state index in [2.05, 4.69) is 60.6 Å². The van der Waals surface area contributed by atoms with E-state index < -0.39 is 133 Å². The average molecular weight is 927 g/mol. The summed E-state index contributed by atoms with van der Waals surface area (Å²) in [6.45, 7) is 16.3. The highest BCUT2D eigenvalue weighted by Gasteiger charge is 2.80. The van der Waals surface area contributed by atoms with Gasteiger partial charge in [0, 0.05) is 22.7 Å². The van der Waals surface area contributed by atoms with Gasteiger partial charge in [-0.2, -0.15) is 0 Å². The lowest BCUT2D eigenvalue weighted by Crippen LogP contribution is -2.76. The van der Waals surface area contributed by atoms with Crippen molar-refractivity contribution in [2.75, 3.05) is 19.8 Å². The van der Waals surface area contributed by atoms with Crippen LogP contribution in [0.3, 0.4) is 0 Å². The molecule has 1 spiro atoms. The van der Waals surface area contributed by atoms with Gasteiger partial charge < -0.3 is 84.6 Å². The molecular weight excluding hydrogens is 849 g/mol. The van der Waals surface area contributed by atoms with E-state index in [4.69, 9.17) is 28.4 Å². The number of aliphatic hydroxyl groups is 11. The van der Waals surface area contributed by atoms with Gasteiger partial charge in [0.2, 0.25) is 5.79 Å². The highest BCUT2D eigenvalue weighted by molar-refractivity contribution is 5.36. The summed E-state index contributed by atoms with van der Waals surface area (Å²) in [5.41, 5.74) is -2.68. The standard InChI is InChI=1S/C48H78O17/c1-22-30(52)33(55)36(58)39(61-22)63-38-35(57)32(54)24(20-50)64-48(38,65-40-37(59)34(56)31(53)23(19-49)62-40)26-9-12-43(6)25(42(26,4)5)10-13-44(7)27(43)11-14-47-28-17-41(2,3)15-16-46(28,21-60-47)29(51)18-45(44,47)8/h11,14,22-40,49-59H,9-10,12-13,15-21H2,1-8H3/t22-,23+,24+,25?,26?,27?,28-,29+,30-,31+,32+,33+,34-,35-,36+,37+,38+,39-,40-,43-,44+,45-,46?,47?,48+/m0/s1. The third-order valence-electron chi connectivity index (χ3n) is 20.3. The van der Waals surface area contributed by atoms with Gasteiger partial charge in [0.1, 0.15) is 67.1 Å². The second-order valence-corrected chi connectivity index (χ2v) is 24.1. The van der Waals surface area contributed by atoms with Crippen molar-refractivity contribution >= 4 is 0 Å². The Morgan fingerprint density at radius 2 is 1.26 bits per heavy atom. The summed E-state index contributed by atoms with van der Waals surface area (Å²) in [5, 5.41) is 123. The molecule has 4 saturated carbocycles. The molecule has 5 unspecified atom stereocenters. The molecule has 4 heterocycles. The monoisotopic (exact) mass is 927 g/mol. The van der Waals surface area contributed by atoms with Crippen LogP contribution in [0.15, 0.2) is 12.2 Å². The SMILES string of the molecule is C[C@@H]1O[C@@H](O[C@@H]2[C@@H](O)[C@H](O)[C@@H](CO)O[C@@]2(O[C@@H]2O[C@H](CO)[C@@H](O)[C@H](O)[C@H]2O)C2CC[C@@]3(C)C(CC[C@]4(C)C3C=CC35OCC6(CCC(C)(C)C[C@@H]63)[C@H](O)C[C@]54C)C2(C)C)[C@H](O)[C@H](O)[C@H]1O. The normalized spacial score (nSPS) is 59.2. The van der Waals surface area contributed by atoms with Gasteiger partial charge in [0.25, 0.3) is 0 Å². The quantitative estimate of drug-likeness (QED) is 0.153. The molecule has 372 valence electrons. The Hall–Kier alpha value is -0.940. The number of aliphatic hydroxyl groups excluding tert-OH is 11. The maximum Gasteiger partial charge on any atom is 0.204 e. The molecule has 0 aromatic heterocycles. The van der Waals surface area contributed by atoms with Crippen molar-refractivity contribution in [2.24, 2.45) is 56.2 Å². The Balaban J connectivity index is 1.14. The van der Waals surface area contributed by atoms with E-state index in [1.165, 1.54) is 6.92 Å². The summed E-state index contributed by atoms with van der Waals surface area (Å²) >= 11 is 0. The molecule has 4 saturated heterocycles. The summed E-state index contributed by atoms with van der Waals surface area (Å²) in [6, 6.07) is 0. The molecule has 0 amide bonds. The molecule has 65 heavy (non-hydrogen) atoms. The molecule has 17 heteroatoms. The molecule has 8 fully saturated rings. The van der Waals surface area contributed by atoms with Crippen molar-refractivity contribution in [1.82, 2.24) is 0 Å². The lowest BCUT2D eigenvalue weighted by molar-refractivity contribution is -0.464. The van der Waals surface area contributed by atoms with Gasteiger partial charge in [-0.3, -0.25) is 0 Å². The minimum atomic E-state index is -2.31. The Morgan fingerprint density at radius 1 is 0.631 bits per heavy atom. The number of fused-ring (bicyclic) bond motifs is 4. The van der Waals surface area contributed by atoms with Crippen LogP contribution in [-0.2, 0) is 28.4 Å². The van der Waals surface area contributed by atoms with Gasteiger partial charge in [-0.1, -0.05) is 60.6 Å². The predicted molar refractivity (Wildman–Crippen MR) is 228 cm³/mol. The van der Waals surface area contributed by atoms with E-state index in [9.17, 15) is 56.2 Å². The van der Waals surface area contributed by atoms with E-state index in [1.807, 2.05) is 0 Å². The fraction of sp³-hybridized carbons (Fsp3) is 0.958. The highest BCUT2D eigenvalue weighted by atomic mass is 16.8. The van der Waals surface area contributed by atoms with Gasteiger partial charge in [0.05, 0.1) is 37.6 Å². The third-order valence-corrected chi connectivity index (χ3v) is 20.3. The second kappa shape index (κ2) is 16.0. The molecule has 17 nitrogen and oxygen atoms in total. The van der Waals surface area contributed by atoms with E-state index in [0.717, 1.165) is 25.7 Å². The molecule has 0 aromatic rings. The number of hydrogen-bond donors (Lipinski definition) is 11. The molecule has 5 aliphatic carbocycles. The minimum Gasteiger partial charge on any atom is -0.394 e. The second-order valence-electron chi connectivity index (χ2n) is 24.1. The van der Waals surface area contributed by atoms with Gasteiger partial charge in [-0.05, 0) is 91.8 Å². The predicted octanol–water partition coefficient (Wildman–Crippen LogP) is 0.222. The van der Waals surface area contributed by atoms with Gasteiger partial charge >= 0.3 is 0 Å². The van der Waals surface area contributed by atoms with Gasteiger partial charge in [0.15, 0.2) is 12.6 Å². The van der Waals surface area contributed by atoms with Crippen LogP contribution in [0.1, 0.15) is 107 Å². The van der Waals surface area contributed by atoms with Crippen LogP contribution in [0.4, 0.5) is 0 Å². The first-order valence-corrected chi connectivity index (χ1v) is 24.3. The first kappa shape index (κ1) is 49.1. The molecule has 0 aromatic carbocycles. The van der Waals surface area contributed by atoms with Crippen LogP contribution in [0.25, 0.3) is 0 Å². The lowest BCUT2D eigenvalue weighted by Gasteiger charge is -2.74. The summed E-state index contributed by atoms with van der Waals surface area (Å²) < 4.78 is 39.0. The molecular formula is C48H78O17. The van der Waals surface area contributed by atoms with Crippen molar-refractivity contribution in [3.8, 4) is 0 Å². The fourth-order valence-corrected chi connectivity index (χ4v) is 16.4. The number of ether oxygens (including phenoxy) is 6. The summed E-state index contributed by atoms with van der Waals surface area (Å²) in [6.07, 6.45) is -13.5. The average Bonchev–Trinajstić information content (AvgIpc) is 3.52. The van der Waals surface area contributed by atoms with E-state index in [0.29, 0.717) is 32.3 Å². The van der Waals surface area contributed by atoms with Crippen LogP contribution in [-0.4, -0.2) is 179 Å². The number of allylic oxidation sites excluding steroid dienone is 1. The van der Waals surface area contributed by atoms with Crippen LogP contribution in [0.5, 0.6) is 0 Å². The third kappa shape index (κ3) is 6.58. The summed E-state index contributed by atoms with van der Waals surface area (Å²) in [7, 11) is 0. The van der Waals surface area contributed by atoms with E-state index in [-0.39, 0.29) is 39.4 Å². The topological polar surface area (TPSA) is 278 Å². The van der Waals surface area contributed by atoms with Gasteiger partial charge in [-0.15, -0.1) is 0 Å². The summed E-state index contributed by atoms with van der Waals surface area (Å²) in [5.74, 6) is -3.07.